The normalized spacial score (nSPS) is 10.4. The summed E-state index contributed by atoms with van der Waals surface area (Å²) in [6.07, 6.45) is 0. The molecule has 0 fully saturated rings. The molecule has 0 saturated heterocycles. The second-order valence-corrected chi connectivity index (χ2v) is 4.84. The Balaban J connectivity index is 2.24. The van der Waals surface area contributed by atoms with Gasteiger partial charge in [-0.3, -0.25) is 0 Å². The van der Waals surface area contributed by atoms with Crippen LogP contribution in [0, 0.1) is 6.92 Å². The summed E-state index contributed by atoms with van der Waals surface area (Å²) in [5.74, 6) is 1.30. The van der Waals surface area contributed by atoms with Gasteiger partial charge in [0.1, 0.15) is 0 Å². The van der Waals surface area contributed by atoms with E-state index in [1.165, 1.54) is 0 Å². The van der Waals surface area contributed by atoms with Gasteiger partial charge in [0.15, 0.2) is 0 Å². The maximum atomic E-state index is 5.83. The zero-order valence-electron chi connectivity index (χ0n) is 12.8. The minimum atomic E-state index is 0.594. The van der Waals surface area contributed by atoms with E-state index < -0.39 is 0 Å². The molecule has 0 aliphatic carbocycles. The van der Waals surface area contributed by atoms with E-state index in [1.54, 1.807) is 0 Å². The molecule has 2 aromatic rings. The molecule has 5 nitrogen and oxygen atoms in total. The Bertz CT molecular complexity index is 601. The molecule has 0 amide bonds. The van der Waals surface area contributed by atoms with E-state index in [9.17, 15) is 0 Å². The molecule has 2 rings (SSSR count). The first-order valence-corrected chi connectivity index (χ1v) is 7.20. The lowest BCUT2D eigenvalue weighted by atomic mass is 10.2. The van der Waals surface area contributed by atoms with Crippen molar-refractivity contribution in [1.29, 1.82) is 0 Å². The van der Waals surface area contributed by atoms with Crippen molar-refractivity contribution in [1.82, 2.24) is 9.97 Å². The monoisotopic (exact) mass is 286 g/mol. The number of nitrogens with two attached hydrogens (primary N) is 1. The van der Waals surface area contributed by atoms with Gasteiger partial charge in [0.2, 0.25) is 11.8 Å². The average Bonchev–Trinajstić information content (AvgIpc) is 2.44. The fourth-order valence-electron chi connectivity index (χ4n) is 2.12. The molecule has 5 heteroatoms. The molecule has 2 N–H and O–H groups in total. The molecule has 0 aliphatic heterocycles. The summed E-state index contributed by atoms with van der Waals surface area (Å²) in [4.78, 5) is 11.1. The fourth-order valence-corrected chi connectivity index (χ4v) is 2.12. The van der Waals surface area contributed by atoms with E-state index in [0.29, 0.717) is 18.4 Å². The maximum Gasteiger partial charge on any atom is 0.229 e. The predicted molar refractivity (Wildman–Crippen MR) is 85.5 cm³/mol. The fraction of sp³-hybridized carbons (Fsp3) is 0.375. The number of ether oxygens (including phenoxy) is 1. The van der Waals surface area contributed by atoms with Crippen LogP contribution in [0.2, 0.25) is 0 Å². The smallest absolute Gasteiger partial charge is 0.229 e. The van der Waals surface area contributed by atoms with Crippen LogP contribution in [0.3, 0.4) is 0 Å². The molecule has 0 aliphatic rings. The van der Waals surface area contributed by atoms with Gasteiger partial charge in [-0.15, -0.1) is 0 Å². The number of hydrogen-bond acceptors (Lipinski definition) is 5. The first-order valence-electron chi connectivity index (χ1n) is 7.20. The highest BCUT2D eigenvalue weighted by Crippen LogP contribution is 2.18. The van der Waals surface area contributed by atoms with Crippen LogP contribution >= 0.6 is 0 Å². The summed E-state index contributed by atoms with van der Waals surface area (Å²) in [6.45, 7) is 8.10. The minimum absolute atomic E-state index is 0.594. The van der Waals surface area contributed by atoms with Gasteiger partial charge in [-0.1, -0.05) is 12.1 Å². The van der Waals surface area contributed by atoms with Crippen molar-refractivity contribution in [3.05, 3.63) is 41.6 Å². The molecule has 0 atom stereocenters. The highest BCUT2D eigenvalue weighted by molar-refractivity contribution is 5.43. The van der Waals surface area contributed by atoms with Crippen molar-refractivity contribution in [3.63, 3.8) is 0 Å². The molecule has 0 bridgehead atoms. The van der Waals surface area contributed by atoms with Gasteiger partial charge in [-0.2, -0.15) is 4.98 Å². The standard InChI is InChI=1S/C16H22N4O/c1-4-20(11-13-7-6-8-14(17)10-13)16-18-12(3)9-15(19-16)21-5-2/h6-10H,4-5,11,17H2,1-3H3. The molecular weight excluding hydrogens is 264 g/mol. The average molecular weight is 286 g/mol. The third-order valence-electron chi connectivity index (χ3n) is 3.10. The zero-order valence-corrected chi connectivity index (χ0v) is 12.8. The zero-order chi connectivity index (χ0) is 15.2. The Morgan fingerprint density at radius 3 is 2.67 bits per heavy atom. The van der Waals surface area contributed by atoms with Crippen LogP contribution in [0.1, 0.15) is 25.1 Å². The van der Waals surface area contributed by atoms with Gasteiger partial charge in [-0.25, -0.2) is 4.98 Å². The number of nitrogen functional groups attached to an aromatic ring is 1. The van der Waals surface area contributed by atoms with Crippen LogP contribution in [-0.2, 0) is 6.54 Å². The van der Waals surface area contributed by atoms with Crippen molar-refractivity contribution < 1.29 is 4.74 Å². The van der Waals surface area contributed by atoms with Crippen LogP contribution in [0.25, 0.3) is 0 Å². The van der Waals surface area contributed by atoms with Gasteiger partial charge in [0.25, 0.3) is 0 Å². The van der Waals surface area contributed by atoms with Gasteiger partial charge in [0, 0.05) is 30.5 Å². The number of anilines is 2. The van der Waals surface area contributed by atoms with Crippen LogP contribution in [0.5, 0.6) is 5.88 Å². The molecule has 0 radical (unpaired) electrons. The largest absolute Gasteiger partial charge is 0.478 e. The third kappa shape index (κ3) is 4.08. The van der Waals surface area contributed by atoms with Crippen LogP contribution in [0.4, 0.5) is 11.6 Å². The Labute approximate surface area is 125 Å². The lowest BCUT2D eigenvalue weighted by molar-refractivity contribution is 0.326. The van der Waals surface area contributed by atoms with E-state index in [4.69, 9.17) is 10.5 Å². The molecule has 21 heavy (non-hydrogen) atoms. The van der Waals surface area contributed by atoms with Crippen LogP contribution in [-0.4, -0.2) is 23.1 Å². The topological polar surface area (TPSA) is 64.3 Å². The molecular formula is C16H22N4O. The molecule has 0 spiro atoms. The second kappa shape index (κ2) is 6.92. The first-order chi connectivity index (χ1) is 10.1. The number of rotatable bonds is 6. The van der Waals surface area contributed by atoms with Crippen LogP contribution in [0.15, 0.2) is 30.3 Å². The predicted octanol–water partition coefficient (Wildman–Crippen LogP) is 2.79. The van der Waals surface area contributed by atoms with Gasteiger partial charge < -0.3 is 15.4 Å². The molecule has 1 aromatic carbocycles. The number of nitrogens with zero attached hydrogens (tertiary/aromatic N) is 3. The van der Waals surface area contributed by atoms with Gasteiger partial charge in [0.05, 0.1) is 6.61 Å². The molecule has 0 unspecified atom stereocenters. The highest BCUT2D eigenvalue weighted by Gasteiger charge is 2.11. The molecule has 1 aromatic heterocycles. The van der Waals surface area contributed by atoms with E-state index in [2.05, 4.69) is 27.9 Å². The van der Waals surface area contributed by atoms with Crippen molar-refractivity contribution in [3.8, 4) is 5.88 Å². The van der Waals surface area contributed by atoms with E-state index in [0.717, 1.165) is 30.0 Å². The number of aryl methyl sites for hydroxylation is 1. The number of benzene rings is 1. The summed E-state index contributed by atoms with van der Waals surface area (Å²) in [6, 6.07) is 9.72. The van der Waals surface area contributed by atoms with Crippen molar-refractivity contribution in [2.24, 2.45) is 0 Å². The molecule has 0 saturated carbocycles. The van der Waals surface area contributed by atoms with Crippen LogP contribution < -0.4 is 15.4 Å². The third-order valence-corrected chi connectivity index (χ3v) is 3.10. The number of aromatic nitrogens is 2. The Hall–Kier alpha value is -2.30. The van der Waals surface area contributed by atoms with E-state index >= 15 is 0 Å². The molecule has 112 valence electrons. The highest BCUT2D eigenvalue weighted by atomic mass is 16.5. The molecule has 1 heterocycles. The summed E-state index contributed by atoms with van der Waals surface area (Å²) in [5, 5.41) is 0. The van der Waals surface area contributed by atoms with Crippen molar-refractivity contribution in [2.75, 3.05) is 23.8 Å². The van der Waals surface area contributed by atoms with E-state index in [-0.39, 0.29) is 0 Å². The SMILES string of the molecule is CCOc1cc(C)nc(N(CC)Cc2cccc(N)c2)n1. The number of hydrogen-bond donors (Lipinski definition) is 1. The Morgan fingerprint density at radius 2 is 2.00 bits per heavy atom. The summed E-state index contributed by atoms with van der Waals surface area (Å²) < 4.78 is 5.49. The summed E-state index contributed by atoms with van der Waals surface area (Å²) in [5.41, 5.74) is 8.64. The summed E-state index contributed by atoms with van der Waals surface area (Å²) >= 11 is 0. The lowest BCUT2D eigenvalue weighted by Crippen LogP contribution is -2.24. The van der Waals surface area contributed by atoms with Gasteiger partial charge in [-0.05, 0) is 38.5 Å². The Kier molecular flexibility index (Phi) is 4.98. The lowest BCUT2D eigenvalue weighted by Gasteiger charge is -2.22. The first kappa shape index (κ1) is 15.1. The second-order valence-electron chi connectivity index (χ2n) is 4.84. The Morgan fingerprint density at radius 1 is 1.19 bits per heavy atom. The maximum absolute atomic E-state index is 5.83. The minimum Gasteiger partial charge on any atom is -0.478 e. The van der Waals surface area contributed by atoms with Crippen molar-refractivity contribution in [2.45, 2.75) is 27.3 Å². The quantitative estimate of drug-likeness (QED) is 0.827. The van der Waals surface area contributed by atoms with E-state index in [1.807, 2.05) is 38.1 Å². The summed E-state index contributed by atoms with van der Waals surface area (Å²) in [7, 11) is 0. The van der Waals surface area contributed by atoms with Gasteiger partial charge >= 0.3 is 0 Å². The van der Waals surface area contributed by atoms with Crippen molar-refractivity contribution >= 4 is 11.6 Å².